The molecule has 2 aromatic rings. The predicted octanol–water partition coefficient (Wildman–Crippen LogP) is 1.42. The molecule has 2 amide bonds. The van der Waals surface area contributed by atoms with Gasteiger partial charge in [-0.2, -0.15) is 0 Å². The number of rotatable bonds is 4. The zero-order chi connectivity index (χ0) is 18.0. The molecule has 0 atom stereocenters. The molecule has 3 rings (SSSR count). The monoisotopic (exact) mass is 343 g/mol. The van der Waals surface area contributed by atoms with E-state index < -0.39 is 5.97 Å². The van der Waals surface area contributed by atoms with E-state index >= 15 is 0 Å². The van der Waals surface area contributed by atoms with E-state index in [0.717, 1.165) is 10.9 Å². The van der Waals surface area contributed by atoms with Crippen molar-refractivity contribution in [1.29, 1.82) is 0 Å². The highest BCUT2D eigenvalue weighted by atomic mass is 16.4. The topological polar surface area (TPSA) is 82.9 Å². The van der Waals surface area contributed by atoms with Gasteiger partial charge in [-0.3, -0.25) is 14.4 Å². The molecular weight excluding hydrogens is 322 g/mol. The molecule has 0 saturated carbocycles. The van der Waals surface area contributed by atoms with Crippen LogP contribution in [0.2, 0.25) is 0 Å². The van der Waals surface area contributed by atoms with Crippen LogP contribution in [0.25, 0.3) is 10.9 Å². The first-order valence-electron chi connectivity index (χ1n) is 8.38. The summed E-state index contributed by atoms with van der Waals surface area (Å²) in [7, 11) is 0. The molecule has 2 heterocycles. The minimum atomic E-state index is -0.992. The molecule has 0 aliphatic carbocycles. The second kappa shape index (κ2) is 6.96. The predicted molar refractivity (Wildman–Crippen MR) is 92.3 cm³/mol. The highest BCUT2D eigenvalue weighted by Gasteiger charge is 2.27. The first-order valence-corrected chi connectivity index (χ1v) is 8.38. The van der Waals surface area contributed by atoms with Crippen LogP contribution in [-0.2, 0) is 16.1 Å². The van der Waals surface area contributed by atoms with E-state index in [1.807, 2.05) is 31.2 Å². The number of aromatic nitrogens is 1. The van der Waals surface area contributed by atoms with Crippen molar-refractivity contribution >= 4 is 28.7 Å². The van der Waals surface area contributed by atoms with E-state index in [1.54, 1.807) is 20.4 Å². The lowest BCUT2D eigenvalue weighted by molar-refractivity contribution is -0.137. The lowest BCUT2D eigenvalue weighted by Gasteiger charge is -2.34. The number of carbonyl (C=O) groups excluding carboxylic acids is 2. The maximum atomic E-state index is 12.9. The number of aliphatic carboxylic acids is 1. The molecule has 1 aromatic heterocycles. The third kappa shape index (κ3) is 3.35. The summed E-state index contributed by atoms with van der Waals surface area (Å²) in [4.78, 5) is 39.4. The molecule has 7 heteroatoms. The second-order valence-corrected chi connectivity index (χ2v) is 6.09. The number of carbonyl (C=O) groups is 3. The fraction of sp³-hybridized carbons (Fsp3) is 0.389. The zero-order valence-corrected chi connectivity index (χ0v) is 14.1. The summed E-state index contributed by atoms with van der Waals surface area (Å²) < 4.78 is 1.55. The molecule has 1 N–H and O–H groups in total. The van der Waals surface area contributed by atoms with Gasteiger partial charge in [-0.25, -0.2) is 0 Å². The summed E-state index contributed by atoms with van der Waals surface area (Å²) in [6, 6.07) is 9.10. The summed E-state index contributed by atoms with van der Waals surface area (Å²) in [5.41, 5.74) is 1.10. The Balaban J connectivity index is 1.85. The molecule has 0 unspecified atom stereocenters. The lowest BCUT2D eigenvalue weighted by Crippen LogP contribution is -2.50. The van der Waals surface area contributed by atoms with Crippen LogP contribution < -0.4 is 0 Å². The molecule has 7 nitrogen and oxygen atoms in total. The van der Waals surface area contributed by atoms with Crippen LogP contribution in [0, 0.1) is 0 Å². The first-order chi connectivity index (χ1) is 12.0. The van der Waals surface area contributed by atoms with Crippen molar-refractivity contribution in [3.05, 3.63) is 36.0 Å². The van der Waals surface area contributed by atoms with Crippen molar-refractivity contribution in [2.75, 3.05) is 26.2 Å². The molecule has 0 spiro atoms. The van der Waals surface area contributed by atoms with E-state index in [0.29, 0.717) is 38.3 Å². The minimum absolute atomic E-state index is 0.0899. The number of fused-ring (bicyclic) bond motifs is 1. The number of carboxylic acid groups (broad SMARTS) is 1. The fourth-order valence-electron chi connectivity index (χ4n) is 3.24. The Labute approximate surface area is 145 Å². The van der Waals surface area contributed by atoms with Crippen LogP contribution in [0.15, 0.2) is 30.3 Å². The number of piperazine rings is 1. The molecular formula is C18H21N3O4. The molecule has 132 valence electrons. The fourth-order valence-corrected chi connectivity index (χ4v) is 3.24. The van der Waals surface area contributed by atoms with Crippen molar-refractivity contribution in [3.63, 3.8) is 0 Å². The molecule has 1 aliphatic rings. The number of para-hydroxylation sites is 1. The Bertz CT molecular complexity index is 819. The average Bonchev–Trinajstić information content (AvgIpc) is 2.98. The number of hydrogen-bond donors (Lipinski definition) is 1. The van der Waals surface area contributed by atoms with E-state index in [-0.39, 0.29) is 18.4 Å². The van der Waals surface area contributed by atoms with Gasteiger partial charge in [0.05, 0.1) is 0 Å². The van der Waals surface area contributed by atoms with Gasteiger partial charge in [-0.1, -0.05) is 25.1 Å². The van der Waals surface area contributed by atoms with Crippen LogP contribution in [0.5, 0.6) is 0 Å². The Morgan fingerprint density at radius 2 is 1.68 bits per heavy atom. The van der Waals surface area contributed by atoms with Crippen LogP contribution in [0.1, 0.15) is 23.8 Å². The van der Waals surface area contributed by atoms with Crippen LogP contribution in [0.4, 0.5) is 0 Å². The van der Waals surface area contributed by atoms with Gasteiger partial charge < -0.3 is 19.5 Å². The quantitative estimate of drug-likeness (QED) is 0.910. The van der Waals surface area contributed by atoms with Gasteiger partial charge in [0.1, 0.15) is 12.2 Å². The summed E-state index contributed by atoms with van der Waals surface area (Å²) in [6.45, 7) is 3.50. The molecule has 0 radical (unpaired) electrons. The van der Waals surface area contributed by atoms with E-state index in [2.05, 4.69) is 0 Å². The lowest BCUT2D eigenvalue weighted by atomic mass is 10.2. The third-order valence-corrected chi connectivity index (χ3v) is 4.55. The van der Waals surface area contributed by atoms with Gasteiger partial charge in [0, 0.05) is 43.5 Å². The molecule has 1 saturated heterocycles. The standard InChI is InChI=1S/C18H21N3O4/c1-2-16(22)19-7-9-20(10-8-19)18(25)15-11-13-5-3-4-6-14(13)21(15)12-17(23)24/h3-6,11H,2,7-10,12H2,1H3,(H,23,24). The Morgan fingerprint density at radius 1 is 1.04 bits per heavy atom. The largest absolute Gasteiger partial charge is 0.480 e. The van der Waals surface area contributed by atoms with Gasteiger partial charge in [0.2, 0.25) is 5.91 Å². The van der Waals surface area contributed by atoms with Crippen molar-refractivity contribution in [2.24, 2.45) is 0 Å². The van der Waals surface area contributed by atoms with Crippen molar-refractivity contribution < 1.29 is 19.5 Å². The number of carboxylic acids is 1. The van der Waals surface area contributed by atoms with E-state index in [9.17, 15) is 19.5 Å². The molecule has 1 fully saturated rings. The normalized spacial score (nSPS) is 14.8. The van der Waals surface area contributed by atoms with Crippen molar-refractivity contribution in [2.45, 2.75) is 19.9 Å². The third-order valence-electron chi connectivity index (χ3n) is 4.55. The SMILES string of the molecule is CCC(=O)N1CCN(C(=O)c2cc3ccccc3n2CC(=O)O)CC1. The molecule has 1 aliphatic heterocycles. The minimum Gasteiger partial charge on any atom is -0.480 e. The Hall–Kier alpha value is -2.83. The highest BCUT2D eigenvalue weighted by molar-refractivity contribution is 5.99. The van der Waals surface area contributed by atoms with Gasteiger partial charge in [-0.15, -0.1) is 0 Å². The molecule has 25 heavy (non-hydrogen) atoms. The number of amides is 2. The summed E-state index contributed by atoms with van der Waals surface area (Å²) in [6.07, 6.45) is 0.459. The van der Waals surface area contributed by atoms with Crippen LogP contribution in [0.3, 0.4) is 0 Å². The smallest absolute Gasteiger partial charge is 0.323 e. The molecule has 1 aromatic carbocycles. The molecule has 0 bridgehead atoms. The van der Waals surface area contributed by atoms with Crippen molar-refractivity contribution in [3.8, 4) is 0 Å². The van der Waals surface area contributed by atoms with Crippen molar-refractivity contribution in [1.82, 2.24) is 14.4 Å². The summed E-state index contributed by atoms with van der Waals surface area (Å²) in [5.74, 6) is -1.10. The Morgan fingerprint density at radius 3 is 2.32 bits per heavy atom. The zero-order valence-electron chi connectivity index (χ0n) is 14.1. The van der Waals surface area contributed by atoms with Crippen LogP contribution in [-0.4, -0.2) is 63.4 Å². The van der Waals surface area contributed by atoms with Gasteiger partial charge in [-0.05, 0) is 12.1 Å². The summed E-state index contributed by atoms with van der Waals surface area (Å²) in [5, 5.41) is 10.0. The van der Waals surface area contributed by atoms with E-state index in [1.165, 1.54) is 0 Å². The van der Waals surface area contributed by atoms with Gasteiger partial charge in [0.25, 0.3) is 5.91 Å². The number of hydrogen-bond acceptors (Lipinski definition) is 3. The summed E-state index contributed by atoms with van der Waals surface area (Å²) >= 11 is 0. The van der Waals surface area contributed by atoms with Crippen LogP contribution >= 0.6 is 0 Å². The van der Waals surface area contributed by atoms with Gasteiger partial charge >= 0.3 is 5.97 Å². The van der Waals surface area contributed by atoms with E-state index in [4.69, 9.17) is 0 Å². The maximum absolute atomic E-state index is 12.9. The number of benzene rings is 1. The highest BCUT2D eigenvalue weighted by Crippen LogP contribution is 2.21. The number of nitrogens with zero attached hydrogens (tertiary/aromatic N) is 3. The van der Waals surface area contributed by atoms with Gasteiger partial charge in [0.15, 0.2) is 0 Å². The average molecular weight is 343 g/mol. The Kier molecular flexibility index (Phi) is 4.74. The second-order valence-electron chi connectivity index (χ2n) is 6.09. The first kappa shape index (κ1) is 17.0. The maximum Gasteiger partial charge on any atom is 0.323 e.